The van der Waals surface area contributed by atoms with E-state index in [9.17, 15) is 0 Å². The average molecular weight is 261 g/mol. The van der Waals surface area contributed by atoms with Gasteiger partial charge < -0.3 is 0 Å². The summed E-state index contributed by atoms with van der Waals surface area (Å²) in [5.41, 5.74) is 6.88. The molecule has 2 unspecified atom stereocenters. The average Bonchev–Trinajstić information content (AvgIpc) is 3.23. The Labute approximate surface area is 120 Å². The molecule has 1 aliphatic heterocycles. The summed E-state index contributed by atoms with van der Waals surface area (Å²) < 4.78 is 0. The van der Waals surface area contributed by atoms with Crippen molar-refractivity contribution >= 4 is 5.57 Å². The highest BCUT2D eigenvalue weighted by Crippen LogP contribution is 2.64. The Morgan fingerprint density at radius 1 is 1.15 bits per heavy atom. The molecule has 0 radical (unpaired) electrons. The predicted octanol–water partition coefficient (Wildman–Crippen LogP) is 4.83. The van der Waals surface area contributed by atoms with Crippen molar-refractivity contribution in [2.24, 2.45) is 5.92 Å². The second kappa shape index (κ2) is 4.05. The molecule has 1 aromatic carbocycles. The van der Waals surface area contributed by atoms with Crippen LogP contribution in [0, 0.1) is 5.92 Å². The quantitative estimate of drug-likeness (QED) is 0.716. The number of benzene rings is 1. The van der Waals surface area contributed by atoms with Crippen molar-refractivity contribution in [1.29, 1.82) is 0 Å². The number of nitrogens with zero attached hydrogens (tertiary/aromatic N) is 1. The molecular formula is C19H19N. The summed E-state index contributed by atoms with van der Waals surface area (Å²) >= 11 is 0. The van der Waals surface area contributed by atoms with Crippen molar-refractivity contribution in [2.45, 2.75) is 32.1 Å². The van der Waals surface area contributed by atoms with E-state index in [-0.39, 0.29) is 0 Å². The first-order valence-corrected chi connectivity index (χ1v) is 7.53. The molecule has 1 aromatic heterocycles. The van der Waals surface area contributed by atoms with Crippen molar-refractivity contribution < 1.29 is 0 Å². The van der Waals surface area contributed by atoms with Gasteiger partial charge in [0.25, 0.3) is 0 Å². The van der Waals surface area contributed by atoms with E-state index >= 15 is 0 Å². The molecular weight excluding hydrogens is 242 g/mol. The fourth-order valence-electron chi connectivity index (χ4n) is 4.01. The van der Waals surface area contributed by atoms with Gasteiger partial charge in [0.2, 0.25) is 0 Å². The van der Waals surface area contributed by atoms with Gasteiger partial charge in [0.05, 0.1) is 11.4 Å². The predicted molar refractivity (Wildman–Crippen MR) is 83.4 cm³/mol. The molecule has 2 heterocycles. The highest BCUT2D eigenvalue weighted by molar-refractivity contribution is 5.78. The molecule has 1 saturated carbocycles. The van der Waals surface area contributed by atoms with E-state index in [1.54, 1.807) is 0 Å². The smallest absolute Gasteiger partial charge is 0.0712 e. The Morgan fingerprint density at radius 3 is 2.75 bits per heavy atom. The summed E-state index contributed by atoms with van der Waals surface area (Å²) in [6.45, 7) is 4.48. The zero-order valence-electron chi connectivity index (χ0n) is 12.1. The standard InChI is InChI=1S/C19H19N/c1-3-13-16-12-19(16,4-2)15-9-6-5-8-14(15)18-11-7-10-17(13)20-18/h3,5-11,16H,4,12H2,1-2H3. The summed E-state index contributed by atoms with van der Waals surface area (Å²) in [4.78, 5) is 4.90. The molecule has 0 amide bonds. The fraction of sp³-hybridized carbons (Fsp3) is 0.316. The van der Waals surface area contributed by atoms with Crippen LogP contribution in [0.1, 0.15) is 37.9 Å². The maximum atomic E-state index is 4.90. The highest BCUT2D eigenvalue weighted by Gasteiger charge is 2.56. The molecule has 1 heteroatoms. The van der Waals surface area contributed by atoms with Gasteiger partial charge in [0.15, 0.2) is 0 Å². The maximum absolute atomic E-state index is 4.90. The molecule has 1 nitrogen and oxygen atoms in total. The maximum Gasteiger partial charge on any atom is 0.0712 e. The van der Waals surface area contributed by atoms with Crippen LogP contribution in [-0.2, 0) is 5.41 Å². The van der Waals surface area contributed by atoms with Gasteiger partial charge in [-0.1, -0.05) is 43.3 Å². The molecule has 4 rings (SSSR count). The van der Waals surface area contributed by atoms with E-state index in [0.717, 1.165) is 5.69 Å². The highest BCUT2D eigenvalue weighted by atomic mass is 14.8. The minimum Gasteiger partial charge on any atom is -0.248 e. The number of fused-ring (bicyclic) bond motifs is 6. The van der Waals surface area contributed by atoms with Crippen LogP contribution >= 0.6 is 0 Å². The van der Waals surface area contributed by atoms with E-state index in [1.165, 1.54) is 35.2 Å². The van der Waals surface area contributed by atoms with Crippen molar-refractivity contribution in [3.63, 3.8) is 0 Å². The van der Waals surface area contributed by atoms with E-state index in [0.29, 0.717) is 11.3 Å². The summed E-state index contributed by atoms with van der Waals surface area (Å²) in [5.74, 6) is 0.640. The molecule has 1 aliphatic carbocycles. The van der Waals surface area contributed by atoms with Crippen LogP contribution in [-0.4, -0.2) is 4.98 Å². The molecule has 2 atom stereocenters. The zero-order valence-corrected chi connectivity index (χ0v) is 12.1. The SMILES string of the molecule is CC=C1c2cccc(n2)-c2ccccc2C2(CC)CC12. The molecule has 2 aliphatic rings. The minimum absolute atomic E-state index is 0.337. The Morgan fingerprint density at radius 2 is 1.95 bits per heavy atom. The summed E-state index contributed by atoms with van der Waals surface area (Å²) in [7, 11) is 0. The molecule has 2 bridgehead atoms. The normalized spacial score (nSPS) is 28.3. The van der Waals surface area contributed by atoms with E-state index in [2.05, 4.69) is 62.4 Å². The lowest BCUT2D eigenvalue weighted by molar-refractivity contribution is 0.632. The van der Waals surface area contributed by atoms with E-state index in [1.807, 2.05) is 0 Å². The van der Waals surface area contributed by atoms with Crippen LogP contribution < -0.4 is 0 Å². The van der Waals surface area contributed by atoms with Crippen molar-refractivity contribution in [1.82, 2.24) is 4.98 Å². The van der Waals surface area contributed by atoms with Crippen LogP contribution in [0.3, 0.4) is 0 Å². The Hall–Kier alpha value is -1.89. The van der Waals surface area contributed by atoms with Gasteiger partial charge in [-0.25, -0.2) is 4.98 Å². The first kappa shape index (κ1) is 11.9. The summed E-state index contributed by atoms with van der Waals surface area (Å²) in [6, 6.07) is 15.3. The monoisotopic (exact) mass is 261 g/mol. The number of aromatic nitrogens is 1. The molecule has 20 heavy (non-hydrogen) atoms. The fourth-order valence-corrected chi connectivity index (χ4v) is 4.01. The van der Waals surface area contributed by atoms with Crippen LogP contribution in [0.5, 0.6) is 0 Å². The van der Waals surface area contributed by atoms with Crippen LogP contribution in [0.25, 0.3) is 16.8 Å². The summed E-state index contributed by atoms with van der Waals surface area (Å²) in [5, 5.41) is 0. The van der Waals surface area contributed by atoms with Crippen molar-refractivity contribution in [3.05, 3.63) is 59.8 Å². The van der Waals surface area contributed by atoms with Crippen molar-refractivity contribution in [3.8, 4) is 11.3 Å². The largest absolute Gasteiger partial charge is 0.248 e. The van der Waals surface area contributed by atoms with Gasteiger partial charge in [-0.2, -0.15) is 0 Å². The van der Waals surface area contributed by atoms with Gasteiger partial charge in [0.1, 0.15) is 0 Å². The molecule has 0 saturated heterocycles. The van der Waals surface area contributed by atoms with Crippen LogP contribution in [0.2, 0.25) is 0 Å². The number of hydrogen-bond donors (Lipinski definition) is 0. The molecule has 2 aromatic rings. The summed E-state index contributed by atoms with van der Waals surface area (Å²) in [6.07, 6.45) is 4.73. The molecule has 1 fully saturated rings. The van der Waals surface area contributed by atoms with E-state index in [4.69, 9.17) is 4.98 Å². The van der Waals surface area contributed by atoms with Crippen LogP contribution in [0.4, 0.5) is 0 Å². The number of hydrogen-bond acceptors (Lipinski definition) is 1. The third kappa shape index (κ3) is 1.41. The third-order valence-corrected chi connectivity index (χ3v) is 5.18. The minimum atomic E-state index is 0.337. The number of allylic oxidation sites excluding steroid dienone is 2. The topological polar surface area (TPSA) is 12.9 Å². The first-order chi connectivity index (χ1) is 9.80. The lowest BCUT2D eigenvalue weighted by Crippen LogP contribution is -2.14. The molecule has 0 N–H and O–H groups in total. The lowest BCUT2D eigenvalue weighted by atomic mass is 9.82. The van der Waals surface area contributed by atoms with Gasteiger partial charge >= 0.3 is 0 Å². The lowest BCUT2D eigenvalue weighted by Gasteiger charge is -2.23. The molecule has 0 spiro atoms. The third-order valence-electron chi connectivity index (χ3n) is 5.18. The Balaban J connectivity index is 2.06. The Bertz CT molecular complexity index is 713. The van der Waals surface area contributed by atoms with Crippen molar-refractivity contribution in [2.75, 3.05) is 0 Å². The van der Waals surface area contributed by atoms with Gasteiger partial charge in [0, 0.05) is 11.0 Å². The number of rotatable bonds is 1. The van der Waals surface area contributed by atoms with Gasteiger partial charge in [-0.3, -0.25) is 0 Å². The van der Waals surface area contributed by atoms with E-state index < -0.39 is 0 Å². The van der Waals surface area contributed by atoms with Gasteiger partial charge in [-0.05, 0) is 49.0 Å². The molecule has 100 valence electrons. The Kier molecular flexibility index (Phi) is 2.41. The second-order valence-corrected chi connectivity index (χ2v) is 5.96. The van der Waals surface area contributed by atoms with Gasteiger partial charge in [-0.15, -0.1) is 0 Å². The second-order valence-electron chi connectivity index (χ2n) is 5.96. The van der Waals surface area contributed by atoms with Crippen LogP contribution in [0.15, 0.2) is 48.5 Å². The first-order valence-electron chi connectivity index (χ1n) is 7.53. The number of pyridine rings is 1. The zero-order chi connectivity index (χ0) is 13.7.